The van der Waals surface area contributed by atoms with Crippen molar-refractivity contribution < 1.29 is 19.1 Å². The van der Waals surface area contributed by atoms with E-state index in [9.17, 15) is 9.59 Å². The van der Waals surface area contributed by atoms with E-state index in [1.807, 2.05) is 0 Å². The van der Waals surface area contributed by atoms with Gasteiger partial charge in [0.2, 0.25) is 0 Å². The molecule has 0 aromatic heterocycles. The van der Waals surface area contributed by atoms with Gasteiger partial charge in [0.25, 0.3) is 0 Å². The molecule has 1 atom stereocenters. The van der Waals surface area contributed by atoms with Crippen LogP contribution in [0.1, 0.15) is 53.4 Å². The van der Waals surface area contributed by atoms with Crippen LogP contribution in [0.5, 0.6) is 0 Å². The molecule has 0 heterocycles. The molecule has 0 saturated carbocycles. The molecule has 1 unspecified atom stereocenters. The van der Waals surface area contributed by atoms with Crippen molar-refractivity contribution in [2.45, 2.75) is 53.4 Å². The summed E-state index contributed by atoms with van der Waals surface area (Å²) < 4.78 is 10.2. The van der Waals surface area contributed by atoms with Crippen LogP contribution in [0.3, 0.4) is 0 Å². The normalized spacial score (nSPS) is 12.6. The lowest BCUT2D eigenvalue weighted by atomic mass is 9.70. The third kappa shape index (κ3) is 9.22. The van der Waals surface area contributed by atoms with Crippen LogP contribution < -0.4 is 0 Å². The average molecular weight is 324 g/mol. The molecule has 0 aliphatic carbocycles. The molecule has 23 heavy (non-hydrogen) atoms. The van der Waals surface area contributed by atoms with E-state index >= 15 is 0 Å². The van der Waals surface area contributed by atoms with Gasteiger partial charge >= 0.3 is 11.9 Å². The largest absolute Gasteiger partial charge is 0.463 e. The minimum Gasteiger partial charge on any atom is -0.463 e. The first-order chi connectivity index (χ1) is 10.8. The highest BCUT2D eigenvalue weighted by Gasteiger charge is 2.30. The van der Waals surface area contributed by atoms with Crippen molar-refractivity contribution >= 4 is 11.9 Å². The maximum Gasteiger partial charge on any atom is 0.330 e. The van der Waals surface area contributed by atoms with E-state index in [0.717, 1.165) is 25.7 Å². The summed E-state index contributed by atoms with van der Waals surface area (Å²) >= 11 is 0. The van der Waals surface area contributed by atoms with Crippen molar-refractivity contribution in [3.8, 4) is 0 Å². The van der Waals surface area contributed by atoms with E-state index in [1.165, 1.54) is 12.2 Å². The maximum absolute atomic E-state index is 11.2. The lowest BCUT2D eigenvalue weighted by Crippen LogP contribution is -2.29. The Morgan fingerprint density at radius 3 is 1.83 bits per heavy atom. The number of rotatable bonds is 12. The minimum atomic E-state index is -0.401. The van der Waals surface area contributed by atoms with Crippen LogP contribution in [-0.2, 0) is 19.1 Å². The zero-order valence-corrected chi connectivity index (χ0v) is 15.1. The molecule has 0 spiro atoms. The van der Waals surface area contributed by atoms with Gasteiger partial charge in [0.1, 0.15) is 0 Å². The Labute approximate surface area is 140 Å². The molecule has 0 aliphatic rings. The number of esters is 2. The lowest BCUT2D eigenvalue weighted by molar-refractivity contribution is -0.138. The maximum atomic E-state index is 11.2. The summed E-state index contributed by atoms with van der Waals surface area (Å²) in [5.74, 6) is 0.119. The number of ether oxygens (including phenoxy) is 2. The molecule has 0 fully saturated rings. The Morgan fingerprint density at radius 2 is 1.48 bits per heavy atom. The molecular formula is C19H32O4. The van der Waals surface area contributed by atoms with Gasteiger partial charge in [0.05, 0.1) is 13.2 Å². The summed E-state index contributed by atoms with van der Waals surface area (Å²) in [6, 6.07) is 0. The molecule has 0 N–H and O–H groups in total. The highest BCUT2D eigenvalue weighted by atomic mass is 16.5. The van der Waals surface area contributed by atoms with Crippen LogP contribution in [0.4, 0.5) is 0 Å². The highest BCUT2D eigenvalue weighted by molar-refractivity contribution is 5.81. The minimum absolute atomic E-state index is 0.0800. The third-order valence-electron chi connectivity index (χ3n) is 4.43. The fourth-order valence-corrected chi connectivity index (χ4v) is 2.86. The van der Waals surface area contributed by atoms with Crippen LogP contribution in [0.15, 0.2) is 25.3 Å². The second-order valence-electron chi connectivity index (χ2n) is 6.72. The van der Waals surface area contributed by atoms with Crippen molar-refractivity contribution in [3.63, 3.8) is 0 Å². The zero-order valence-electron chi connectivity index (χ0n) is 15.1. The lowest BCUT2D eigenvalue weighted by Gasteiger charge is -2.36. The Hall–Kier alpha value is -1.58. The van der Waals surface area contributed by atoms with Crippen molar-refractivity contribution in [1.29, 1.82) is 0 Å². The SMILES string of the molecule is C=CC(=O)OCCC(CCOC(=O)C=C)C(C)(C)CC(C)CC. The molecule has 0 rings (SSSR count). The first kappa shape index (κ1) is 21.4. The third-order valence-corrected chi connectivity index (χ3v) is 4.43. The molecule has 0 aliphatic heterocycles. The van der Waals surface area contributed by atoms with Gasteiger partial charge in [-0.15, -0.1) is 0 Å². The van der Waals surface area contributed by atoms with Gasteiger partial charge in [-0.2, -0.15) is 0 Å². The fourth-order valence-electron chi connectivity index (χ4n) is 2.86. The summed E-state index contributed by atoms with van der Waals surface area (Å²) in [5, 5.41) is 0. The second kappa shape index (κ2) is 11.0. The van der Waals surface area contributed by atoms with Gasteiger partial charge < -0.3 is 9.47 Å². The van der Waals surface area contributed by atoms with E-state index in [1.54, 1.807) is 0 Å². The average Bonchev–Trinajstić information content (AvgIpc) is 2.51. The van der Waals surface area contributed by atoms with Crippen LogP contribution in [0.2, 0.25) is 0 Å². The van der Waals surface area contributed by atoms with Crippen molar-refractivity contribution in [3.05, 3.63) is 25.3 Å². The molecular weight excluding hydrogens is 292 g/mol. The fraction of sp³-hybridized carbons (Fsp3) is 0.684. The monoisotopic (exact) mass is 324 g/mol. The molecule has 0 aromatic rings. The molecule has 4 heteroatoms. The van der Waals surface area contributed by atoms with Gasteiger partial charge in [-0.25, -0.2) is 9.59 Å². The number of hydrogen-bond acceptors (Lipinski definition) is 4. The Kier molecular flexibility index (Phi) is 10.3. The molecule has 0 saturated heterocycles. The van der Waals surface area contributed by atoms with Crippen molar-refractivity contribution in [1.82, 2.24) is 0 Å². The van der Waals surface area contributed by atoms with Crippen molar-refractivity contribution in [2.75, 3.05) is 13.2 Å². The number of hydrogen-bond donors (Lipinski definition) is 0. The van der Waals surface area contributed by atoms with Crippen LogP contribution in [0.25, 0.3) is 0 Å². The van der Waals surface area contributed by atoms with E-state index in [2.05, 4.69) is 40.9 Å². The number of carbonyl (C=O) groups excluding carboxylic acids is 2. The first-order valence-corrected chi connectivity index (χ1v) is 8.35. The Balaban J connectivity index is 4.68. The van der Waals surface area contributed by atoms with Gasteiger partial charge in [0.15, 0.2) is 0 Å². The molecule has 0 aromatic carbocycles. The molecule has 0 bridgehead atoms. The summed E-state index contributed by atoms with van der Waals surface area (Å²) in [7, 11) is 0. The molecule has 4 nitrogen and oxygen atoms in total. The predicted octanol–water partition coefficient (Wildman–Crippen LogP) is 4.30. The summed E-state index contributed by atoms with van der Waals surface area (Å²) in [5.41, 5.74) is 0.0800. The van der Waals surface area contributed by atoms with Gasteiger partial charge in [-0.1, -0.05) is 47.3 Å². The summed E-state index contributed by atoms with van der Waals surface area (Å²) in [4.78, 5) is 22.4. The Bertz CT molecular complexity index is 372. The van der Waals surface area contributed by atoms with Crippen LogP contribution in [0, 0.1) is 17.3 Å². The topological polar surface area (TPSA) is 52.6 Å². The van der Waals surface area contributed by atoms with E-state index in [0.29, 0.717) is 25.0 Å². The molecule has 0 amide bonds. The van der Waals surface area contributed by atoms with Gasteiger partial charge in [-0.05, 0) is 36.5 Å². The Morgan fingerprint density at radius 1 is 1.04 bits per heavy atom. The second-order valence-corrected chi connectivity index (χ2v) is 6.72. The quantitative estimate of drug-likeness (QED) is 0.397. The standard InChI is InChI=1S/C19H32O4/c1-7-15(4)14-19(5,6)16(10-12-22-17(20)8-2)11-13-23-18(21)9-3/h8-9,15-16H,2-3,7,10-14H2,1,4-6H3. The summed E-state index contributed by atoms with van der Waals surface area (Å²) in [6.07, 6.45) is 6.05. The van der Waals surface area contributed by atoms with E-state index in [4.69, 9.17) is 9.47 Å². The smallest absolute Gasteiger partial charge is 0.330 e. The van der Waals surface area contributed by atoms with E-state index < -0.39 is 11.9 Å². The molecule has 0 radical (unpaired) electrons. The predicted molar refractivity (Wildman–Crippen MR) is 92.9 cm³/mol. The van der Waals surface area contributed by atoms with E-state index in [-0.39, 0.29) is 5.41 Å². The number of carbonyl (C=O) groups is 2. The zero-order chi connectivity index (χ0) is 17.9. The molecule has 132 valence electrons. The van der Waals surface area contributed by atoms with Crippen LogP contribution >= 0.6 is 0 Å². The summed E-state index contributed by atoms with van der Waals surface area (Å²) in [6.45, 7) is 16.4. The van der Waals surface area contributed by atoms with Gasteiger partial charge in [-0.3, -0.25) is 0 Å². The van der Waals surface area contributed by atoms with Crippen molar-refractivity contribution in [2.24, 2.45) is 17.3 Å². The van der Waals surface area contributed by atoms with Gasteiger partial charge in [0, 0.05) is 12.2 Å². The highest BCUT2D eigenvalue weighted by Crippen LogP contribution is 2.38. The first-order valence-electron chi connectivity index (χ1n) is 8.35. The van der Waals surface area contributed by atoms with Crippen LogP contribution in [-0.4, -0.2) is 25.2 Å².